The van der Waals surface area contributed by atoms with Crippen molar-refractivity contribution in [3.63, 3.8) is 0 Å². The van der Waals surface area contributed by atoms with Gasteiger partial charge in [-0.05, 0) is 44.4 Å². The Morgan fingerprint density at radius 3 is 2.70 bits per heavy atom. The van der Waals surface area contributed by atoms with Crippen LogP contribution >= 0.6 is 0 Å². The van der Waals surface area contributed by atoms with E-state index in [-0.39, 0.29) is 17.1 Å². The van der Waals surface area contributed by atoms with Gasteiger partial charge in [0.2, 0.25) is 0 Å². The van der Waals surface area contributed by atoms with Gasteiger partial charge in [-0.25, -0.2) is 9.59 Å². The van der Waals surface area contributed by atoms with E-state index >= 15 is 0 Å². The Morgan fingerprint density at radius 2 is 2.10 bits per heavy atom. The standard InChI is InChI=1S/C15H20N2O3/c1-4-15(2,3)16-14(20)17-8-7-10-5-6-11(13(18)19)9-12(10)17/h5-6,9H,4,7-8H2,1-3H3,(H,16,20)(H,18,19). The summed E-state index contributed by atoms with van der Waals surface area (Å²) < 4.78 is 0. The van der Waals surface area contributed by atoms with E-state index in [1.54, 1.807) is 23.1 Å². The number of carbonyl (C=O) groups is 2. The van der Waals surface area contributed by atoms with Gasteiger partial charge in [0.15, 0.2) is 0 Å². The zero-order valence-electron chi connectivity index (χ0n) is 12.1. The molecule has 0 aromatic heterocycles. The average Bonchev–Trinajstić information content (AvgIpc) is 2.80. The summed E-state index contributed by atoms with van der Waals surface area (Å²) in [6, 6.07) is 4.77. The number of fused-ring (bicyclic) bond motifs is 1. The maximum absolute atomic E-state index is 12.3. The van der Waals surface area contributed by atoms with Crippen LogP contribution in [0.3, 0.4) is 0 Å². The first-order valence-corrected chi connectivity index (χ1v) is 6.80. The number of aromatic carboxylic acids is 1. The zero-order chi connectivity index (χ0) is 14.9. The van der Waals surface area contributed by atoms with Crippen molar-refractivity contribution in [3.05, 3.63) is 29.3 Å². The largest absolute Gasteiger partial charge is 0.478 e. The molecule has 1 heterocycles. The minimum absolute atomic E-state index is 0.168. The number of hydrogen-bond acceptors (Lipinski definition) is 2. The van der Waals surface area contributed by atoms with Crippen molar-refractivity contribution in [2.45, 2.75) is 39.2 Å². The first kappa shape index (κ1) is 14.4. The summed E-state index contributed by atoms with van der Waals surface area (Å²) in [6.07, 6.45) is 1.59. The van der Waals surface area contributed by atoms with Gasteiger partial charge in [0.25, 0.3) is 0 Å². The lowest BCUT2D eigenvalue weighted by Crippen LogP contribution is -2.49. The molecule has 1 aliphatic rings. The van der Waals surface area contributed by atoms with Crippen molar-refractivity contribution in [1.29, 1.82) is 0 Å². The Balaban J connectivity index is 2.24. The van der Waals surface area contributed by atoms with Gasteiger partial charge in [-0.3, -0.25) is 4.90 Å². The molecule has 108 valence electrons. The molecule has 1 aliphatic heterocycles. The molecule has 2 N–H and O–H groups in total. The molecule has 5 nitrogen and oxygen atoms in total. The van der Waals surface area contributed by atoms with Gasteiger partial charge in [0.05, 0.1) is 5.56 Å². The van der Waals surface area contributed by atoms with Crippen molar-refractivity contribution in [3.8, 4) is 0 Å². The van der Waals surface area contributed by atoms with Gasteiger partial charge in [-0.2, -0.15) is 0 Å². The van der Waals surface area contributed by atoms with Gasteiger partial charge in [-0.1, -0.05) is 13.0 Å². The summed E-state index contributed by atoms with van der Waals surface area (Å²) in [5.41, 5.74) is 1.65. The molecule has 0 radical (unpaired) electrons. The lowest BCUT2D eigenvalue weighted by atomic mass is 10.0. The minimum atomic E-state index is -0.978. The lowest BCUT2D eigenvalue weighted by molar-refractivity contribution is 0.0697. The van der Waals surface area contributed by atoms with E-state index in [1.807, 2.05) is 20.8 Å². The number of amides is 2. The Bertz CT molecular complexity index is 552. The molecule has 2 rings (SSSR count). The van der Waals surface area contributed by atoms with Gasteiger partial charge in [0, 0.05) is 17.8 Å². The van der Waals surface area contributed by atoms with E-state index in [9.17, 15) is 9.59 Å². The molecule has 20 heavy (non-hydrogen) atoms. The second-order valence-electron chi connectivity index (χ2n) is 5.72. The third-order valence-corrected chi connectivity index (χ3v) is 3.80. The molecular weight excluding hydrogens is 256 g/mol. The van der Waals surface area contributed by atoms with Gasteiger partial charge >= 0.3 is 12.0 Å². The average molecular weight is 276 g/mol. The Kier molecular flexibility index (Phi) is 3.70. The number of rotatable bonds is 3. The molecule has 0 aliphatic carbocycles. The molecule has 1 aromatic carbocycles. The third-order valence-electron chi connectivity index (χ3n) is 3.80. The van der Waals surface area contributed by atoms with Crippen LogP contribution in [0, 0.1) is 0 Å². The van der Waals surface area contributed by atoms with Crippen LogP contribution in [0.25, 0.3) is 0 Å². The molecule has 1 aromatic rings. The summed E-state index contributed by atoms with van der Waals surface area (Å²) >= 11 is 0. The fraction of sp³-hybridized carbons (Fsp3) is 0.467. The number of hydrogen-bond donors (Lipinski definition) is 2. The first-order valence-electron chi connectivity index (χ1n) is 6.80. The molecule has 0 fully saturated rings. The normalized spacial score (nSPS) is 14.1. The molecule has 0 unspecified atom stereocenters. The van der Waals surface area contributed by atoms with E-state index in [0.717, 1.165) is 18.4 Å². The summed E-state index contributed by atoms with van der Waals surface area (Å²) in [4.78, 5) is 25.0. The molecule has 0 bridgehead atoms. The van der Waals surface area contributed by atoms with Crippen molar-refractivity contribution >= 4 is 17.7 Å². The third kappa shape index (κ3) is 2.76. The van der Waals surface area contributed by atoms with E-state index in [0.29, 0.717) is 12.2 Å². The minimum Gasteiger partial charge on any atom is -0.478 e. The smallest absolute Gasteiger partial charge is 0.335 e. The van der Waals surface area contributed by atoms with E-state index in [2.05, 4.69) is 5.32 Å². The second-order valence-corrected chi connectivity index (χ2v) is 5.72. The predicted molar refractivity (Wildman–Crippen MR) is 77.4 cm³/mol. The topological polar surface area (TPSA) is 69.6 Å². The molecule has 0 spiro atoms. The van der Waals surface area contributed by atoms with Crippen molar-refractivity contribution < 1.29 is 14.7 Å². The maximum atomic E-state index is 12.3. The first-order chi connectivity index (χ1) is 9.34. The van der Waals surface area contributed by atoms with Crippen molar-refractivity contribution in [2.24, 2.45) is 0 Å². The second kappa shape index (κ2) is 5.15. The van der Waals surface area contributed by atoms with Crippen LogP contribution in [-0.4, -0.2) is 29.2 Å². The quantitative estimate of drug-likeness (QED) is 0.891. The van der Waals surface area contributed by atoms with Crippen molar-refractivity contribution in [2.75, 3.05) is 11.4 Å². The maximum Gasteiger partial charge on any atom is 0.335 e. The SMILES string of the molecule is CCC(C)(C)NC(=O)N1CCc2ccc(C(=O)O)cc21. The number of carbonyl (C=O) groups excluding carboxylic acids is 1. The molecule has 2 amide bonds. The number of nitrogens with one attached hydrogen (secondary N) is 1. The van der Waals surface area contributed by atoms with E-state index in [1.165, 1.54) is 0 Å². The predicted octanol–water partition coefficient (Wildman–Crippen LogP) is 2.65. The number of urea groups is 1. The van der Waals surface area contributed by atoms with Gasteiger partial charge < -0.3 is 10.4 Å². The number of carboxylic acid groups (broad SMARTS) is 1. The van der Waals surface area contributed by atoms with Crippen LogP contribution in [0.5, 0.6) is 0 Å². The fourth-order valence-electron chi connectivity index (χ4n) is 2.17. The molecule has 0 atom stereocenters. The fourth-order valence-corrected chi connectivity index (χ4v) is 2.17. The highest BCUT2D eigenvalue weighted by molar-refractivity contribution is 5.97. The highest BCUT2D eigenvalue weighted by atomic mass is 16.4. The monoisotopic (exact) mass is 276 g/mol. The summed E-state index contributed by atoms with van der Waals surface area (Å²) in [6.45, 7) is 6.54. The van der Waals surface area contributed by atoms with Gasteiger partial charge in [0.1, 0.15) is 0 Å². The number of anilines is 1. The number of benzene rings is 1. The lowest BCUT2D eigenvalue weighted by Gasteiger charge is -2.28. The molecule has 0 saturated carbocycles. The molecular formula is C15H20N2O3. The van der Waals surface area contributed by atoms with Crippen molar-refractivity contribution in [1.82, 2.24) is 5.32 Å². The summed E-state index contributed by atoms with van der Waals surface area (Å²) in [5.74, 6) is -0.978. The van der Waals surface area contributed by atoms with E-state index in [4.69, 9.17) is 5.11 Å². The summed E-state index contributed by atoms with van der Waals surface area (Å²) in [5, 5.41) is 12.0. The van der Waals surface area contributed by atoms with Crippen LogP contribution in [0.2, 0.25) is 0 Å². The van der Waals surface area contributed by atoms with E-state index < -0.39 is 5.97 Å². The Labute approximate surface area is 118 Å². The Hall–Kier alpha value is -2.04. The van der Waals surface area contributed by atoms with Crippen LogP contribution in [-0.2, 0) is 6.42 Å². The van der Waals surface area contributed by atoms with Crippen LogP contribution in [0.4, 0.5) is 10.5 Å². The van der Waals surface area contributed by atoms with Gasteiger partial charge in [-0.15, -0.1) is 0 Å². The molecule has 5 heteroatoms. The highest BCUT2D eigenvalue weighted by Crippen LogP contribution is 2.29. The van der Waals surface area contributed by atoms with Crippen LogP contribution < -0.4 is 10.2 Å². The zero-order valence-corrected chi connectivity index (χ0v) is 12.1. The van der Waals surface area contributed by atoms with Crippen LogP contribution in [0.1, 0.15) is 43.1 Å². The Morgan fingerprint density at radius 1 is 1.40 bits per heavy atom. The number of carboxylic acids is 1. The van der Waals surface area contributed by atoms with Crippen LogP contribution in [0.15, 0.2) is 18.2 Å². The summed E-state index contributed by atoms with van der Waals surface area (Å²) in [7, 11) is 0. The molecule has 0 saturated heterocycles. The highest BCUT2D eigenvalue weighted by Gasteiger charge is 2.28. The number of nitrogens with zero attached hydrogens (tertiary/aromatic N) is 1.